The number of aromatic nitrogens is 2. The number of imidazole rings is 1. The number of hydrogen-bond acceptors (Lipinski definition) is 6. The van der Waals surface area contributed by atoms with E-state index in [1.165, 1.54) is 23.6 Å². The Hall–Kier alpha value is -2.01. The summed E-state index contributed by atoms with van der Waals surface area (Å²) in [5.74, 6) is 0.794. The van der Waals surface area contributed by atoms with Crippen molar-refractivity contribution in [3.05, 3.63) is 24.0 Å². The minimum absolute atomic E-state index is 0.0225. The fraction of sp³-hybridized carbons (Fsp3) is 0.667. The third-order valence-electron chi connectivity index (χ3n) is 7.01. The monoisotopic (exact) mass is 491 g/mol. The Balaban J connectivity index is 1.30. The van der Waals surface area contributed by atoms with Gasteiger partial charge < -0.3 is 19.5 Å². The number of rotatable bonds is 9. The molecule has 9 nitrogen and oxygen atoms in total. The topological polar surface area (TPSA) is 96.8 Å². The highest BCUT2D eigenvalue weighted by Crippen LogP contribution is 2.23. The van der Waals surface area contributed by atoms with Crippen molar-refractivity contribution >= 4 is 27.0 Å². The average molecular weight is 492 g/mol. The molecule has 0 unspecified atom stereocenters. The van der Waals surface area contributed by atoms with Gasteiger partial charge in [0, 0.05) is 52.1 Å². The zero-order valence-corrected chi connectivity index (χ0v) is 21.1. The Bertz CT molecular complexity index is 1090. The van der Waals surface area contributed by atoms with Gasteiger partial charge in [0.15, 0.2) is 0 Å². The van der Waals surface area contributed by atoms with E-state index < -0.39 is 10.0 Å². The van der Waals surface area contributed by atoms with Crippen LogP contribution in [0.2, 0.25) is 0 Å². The molecule has 1 aromatic heterocycles. The second kappa shape index (κ2) is 11.2. The van der Waals surface area contributed by atoms with Gasteiger partial charge >= 0.3 is 0 Å². The fourth-order valence-corrected chi connectivity index (χ4v) is 6.29. The van der Waals surface area contributed by atoms with Crippen molar-refractivity contribution in [1.82, 2.24) is 24.1 Å². The second-order valence-electron chi connectivity index (χ2n) is 9.34. The molecular weight excluding hydrogens is 454 g/mol. The van der Waals surface area contributed by atoms with Crippen LogP contribution in [0.1, 0.15) is 44.9 Å². The number of likely N-dealkylation sites (tertiary alicyclic amines) is 1. The van der Waals surface area contributed by atoms with E-state index in [1.807, 2.05) is 11.6 Å². The molecule has 2 aliphatic rings. The molecular formula is C24H37N5O4S. The number of sulfonamides is 1. The van der Waals surface area contributed by atoms with Crippen molar-refractivity contribution in [2.45, 2.75) is 56.4 Å². The van der Waals surface area contributed by atoms with Gasteiger partial charge in [-0.25, -0.2) is 13.4 Å². The van der Waals surface area contributed by atoms with E-state index in [4.69, 9.17) is 4.74 Å². The van der Waals surface area contributed by atoms with Gasteiger partial charge in [-0.2, -0.15) is 4.31 Å². The van der Waals surface area contributed by atoms with Gasteiger partial charge in [0.1, 0.15) is 5.82 Å². The molecule has 2 fully saturated rings. The first-order valence-corrected chi connectivity index (χ1v) is 13.8. The van der Waals surface area contributed by atoms with Crippen molar-refractivity contribution in [1.29, 1.82) is 0 Å². The summed E-state index contributed by atoms with van der Waals surface area (Å²) in [5.41, 5.74) is 1.48. The predicted molar refractivity (Wildman–Crippen MR) is 131 cm³/mol. The lowest BCUT2D eigenvalue weighted by Gasteiger charge is -2.33. The van der Waals surface area contributed by atoms with E-state index in [-0.39, 0.29) is 10.8 Å². The van der Waals surface area contributed by atoms with Crippen LogP contribution in [-0.4, -0.2) is 85.1 Å². The lowest BCUT2D eigenvalue weighted by atomic mass is 10.0. The smallest absolute Gasteiger partial charge is 0.243 e. The molecule has 34 heavy (non-hydrogen) atoms. The molecule has 10 heteroatoms. The first-order valence-electron chi connectivity index (χ1n) is 12.4. The zero-order valence-electron chi connectivity index (χ0n) is 20.3. The Labute approximate surface area is 202 Å². The summed E-state index contributed by atoms with van der Waals surface area (Å²) in [4.78, 5) is 19.8. The van der Waals surface area contributed by atoms with Gasteiger partial charge in [0.2, 0.25) is 15.9 Å². The highest BCUT2D eigenvalue weighted by molar-refractivity contribution is 7.89. The van der Waals surface area contributed by atoms with E-state index in [1.54, 1.807) is 18.2 Å². The summed E-state index contributed by atoms with van der Waals surface area (Å²) >= 11 is 0. The first kappa shape index (κ1) is 25.1. The standard InChI is InChI=1S/C24H37N5O4S/c1-19-6-3-4-12-28(19)13-5-11-25-24(30)10-9-23-26-21-18-20(7-8-22(21)27(23)2)34(31,32)29-14-16-33-17-15-29/h7-8,18-19H,3-6,9-17H2,1-2H3,(H,25,30)/t19-/m1/s1. The number of carbonyl (C=O) groups excluding carboxylic acids is 1. The maximum Gasteiger partial charge on any atom is 0.243 e. The normalized spacial score (nSPS) is 20.6. The van der Waals surface area contributed by atoms with Crippen molar-refractivity contribution < 1.29 is 17.9 Å². The minimum atomic E-state index is -3.57. The van der Waals surface area contributed by atoms with Crippen LogP contribution in [0.4, 0.5) is 0 Å². The van der Waals surface area contributed by atoms with E-state index in [9.17, 15) is 13.2 Å². The van der Waals surface area contributed by atoms with Crippen LogP contribution < -0.4 is 5.32 Å². The molecule has 0 bridgehead atoms. The Morgan fingerprint density at radius 2 is 2.00 bits per heavy atom. The van der Waals surface area contributed by atoms with Crippen LogP contribution in [0, 0.1) is 0 Å². The summed E-state index contributed by atoms with van der Waals surface area (Å²) in [7, 11) is -1.67. The molecule has 2 aliphatic heterocycles. The molecule has 1 atom stereocenters. The molecule has 1 N–H and O–H groups in total. The van der Waals surface area contributed by atoms with Crippen LogP contribution >= 0.6 is 0 Å². The minimum Gasteiger partial charge on any atom is -0.379 e. The van der Waals surface area contributed by atoms with Gasteiger partial charge in [-0.05, 0) is 50.9 Å². The fourth-order valence-electron chi connectivity index (χ4n) is 4.86. The molecule has 0 saturated carbocycles. The van der Waals surface area contributed by atoms with Gasteiger partial charge in [0.25, 0.3) is 0 Å². The largest absolute Gasteiger partial charge is 0.379 e. The second-order valence-corrected chi connectivity index (χ2v) is 11.3. The quantitative estimate of drug-likeness (QED) is 0.539. The SMILES string of the molecule is C[C@@H]1CCCCN1CCCNC(=O)CCc1nc2cc(S(=O)(=O)N3CCOCC3)ccc2n1C. The maximum atomic E-state index is 13.0. The van der Waals surface area contributed by atoms with Crippen molar-refractivity contribution in [3.8, 4) is 0 Å². The third-order valence-corrected chi connectivity index (χ3v) is 8.91. The van der Waals surface area contributed by atoms with Crippen LogP contribution in [0.15, 0.2) is 23.1 Å². The van der Waals surface area contributed by atoms with Gasteiger partial charge in [-0.3, -0.25) is 4.79 Å². The van der Waals surface area contributed by atoms with Crippen LogP contribution in [-0.2, 0) is 33.0 Å². The van der Waals surface area contributed by atoms with E-state index in [0.29, 0.717) is 57.2 Å². The van der Waals surface area contributed by atoms with Gasteiger partial charge in [-0.1, -0.05) is 6.42 Å². The number of benzene rings is 1. The first-order chi connectivity index (χ1) is 16.4. The number of nitrogens with zero attached hydrogens (tertiary/aromatic N) is 4. The maximum absolute atomic E-state index is 13.0. The molecule has 188 valence electrons. The molecule has 0 spiro atoms. The highest BCUT2D eigenvalue weighted by atomic mass is 32.2. The van der Waals surface area contributed by atoms with Crippen LogP contribution in [0.25, 0.3) is 11.0 Å². The number of amides is 1. The van der Waals surface area contributed by atoms with Crippen molar-refractivity contribution in [3.63, 3.8) is 0 Å². The molecule has 1 aromatic carbocycles. The Morgan fingerprint density at radius 1 is 1.21 bits per heavy atom. The number of fused-ring (bicyclic) bond motifs is 1. The number of morpholine rings is 1. The molecule has 1 amide bonds. The Morgan fingerprint density at radius 3 is 2.76 bits per heavy atom. The van der Waals surface area contributed by atoms with E-state index in [2.05, 4.69) is 22.1 Å². The molecule has 2 aromatic rings. The summed E-state index contributed by atoms with van der Waals surface area (Å²) in [6.07, 6.45) is 5.69. The lowest BCUT2D eigenvalue weighted by molar-refractivity contribution is -0.121. The van der Waals surface area contributed by atoms with Gasteiger partial charge in [0.05, 0.1) is 29.1 Å². The van der Waals surface area contributed by atoms with Crippen molar-refractivity contribution in [2.24, 2.45) is 7.05 Å². The molecule has 0 aliphatic carbocycles. The number of carbonyl (C=O) groups is 1. The van der Waals surface area contributed by atoms with Crippen LogP contribution in [0.5, 0.6) is 0 Å². The predicted octanol–water partition coefficient (Wildman–Crippen LogP) is 1.91. The lowest BCUT2D eigenvalue weighted by Crippen LogP contribution is -2.40. The average Bonchev–Trinajstić information content (AvgIpc) is 3.17. The van der Waals surface area contributed by atoms with Crippen LogP contribution in [0.3, 0.4) is 0 Å². The number of nitrogens with one attached hydrogen (secondary N) is 1. The summed E-state index contributed by atoms with van der Waals surface area (Å²) in [6.45, 7) is 6.71. The number of hydrogen-bond donors (Lipinski definition) is 1. The highest BCUT2D eigenvalue weighted by Gasteiger charge is 2.27. The van der Waals surface area contributed by atoms with E-state index >= 15 is 0 Å². The summed E-state index contributed by atoms with van der Waals surface area (Å²) in [5, 5.41) is 3.03. The molecule has 2 saturated heterocycles. The number of aryl methyl sites for hydroxylation is 2. The zero-order chi connectivity index (χ0) is 24.1. The Kier molecular flexibility index (Phi) is 8.23. The summed E-state index contributed by atoms with van der Waals surface area (Å²) in [6, 6.07) is 5.70. The molecule has 4 rings (SSSR count). The summed E-state index contributed by atoms with van der Waals surface area (Å²) < 4.78 is 34.6. The van der Waals surface area contributed by atoms with Gasteiger partial charge in [-0.15, -0.1) is 0 Å². The molecule has 3 heterocycles. The number of ether oxygens (including phenoxy) is 1. The molecule has 0 radical (unpaired) electrons. The third kappa shape index (κ3) is 5.79. The van der Waals surface area contributed by atoms with Crippen molar-refractivity contribution in [2.75, 3.05) is 45.9 Å². The number of piperidine rings is 1. The van der Waals surface area contributed by atoms with E-state index in [0.717, 1.165) is 30.9 Å².